The lowest BCUT2D eigenvalue weighted by Crippen LogP contribution is -2.44. The number of hydrogen-bond acceptors (Lipinski definition) is 3. The van der Waals surface area contributed by atoms with Crippen molar-refractivity contribution in [1.29, 1.82) is 0 Å². The summed E-state index contributed by atoms with van der Waals surface area (Å²) >= 11 is 0. The zero-order valence-corrected chi connectivity index (χ0v) is 10.2. The second-order valence-corrected chi connectivity index (χ2v) is 4.58. The van der Waals surface area contributed by atoms with Gasteiger partial charge in [-0.15, -0.1) is 0 Å². The molecule has 0 bridgehead atoms. The van der Waals surface area contributed by atoms with E-state index >= 15 is 0 Å². The Morgan fingerprint density at radius 2 is 2.12 bits per heavy atom. The molecule has 1 saturated heterocycles. The van der Waals surface area contributed by atoms with E-state index in [0.717, 1.165) is 6.42 Å². The monoisotopic (exact) mass is 254 g/mol. The number of hydrogen-bond donors (Lipinski definition) is 1. The van der Waals surface area contributed by atoms with E-state index in [2.05, 4.69) is 0 Å². The first-order valence-electron chi connectivity index (χ1n) is 6.02. The highest BCUT2D eigenvalue weighted by atomic mass is 19.4. The van der Waals surface area contributed by atoms with Gasteiger partial charge >= 0.3 is 6.18 Å². The van der Waals surface area contributed by atoms with Gasteiger partial charge in [0, 0.05) is 13.2 Å². The third-order valence-electron chi connectivity index (χ3n) is 3.30. The lowest BCUT2D eigenvalue weighted by atomic mass is 9.87. The Labute approximate surface area is 100 Å². The molecule has 0 amide bonds. The van der Waals surface area contributed by atoms with Crippen molar-refractivity contribution >= 4 is 0 Å². The van der Waals surface area contributed by atoms with Gasteiger partial charge in [0.15, 0.2) is 0 Å². The summed E-state index contributed by atoms with van der Waals surface area (Å²) in [5, 5.41) is 0. The van der Waals surface area contributed by atoms with Gasteiger partial charge in [-0.05, 0) is 39.4 Å². The molecule has 1 aliphatic heterocycles. The van der Waals surface area contributed by atoms with Gasteiger partial charge in [0.25, 0.3) is 0 Å². The van der Waals surface area contributed by atoms with E-state index in [-0.39, 0.29) is 19.6 Å². The van der Waals surface area contributed by atoms with Crippen LogP contribution in [0, 0.1) is 5.41 Å². The van der Waals surface area contributed by atoms with Gasteiger partial charge in [-0.1, -0.05) is 0 Å². The van der Waals surface area contributed by atoms with Crippen LogP contribution < -0.4 is 5.73 Å². The lowest BCUT2D eigenvalue weighted by Gasteiger charge is -2.31. The molecule has 1 fully saturated rings. The van der Waals surface area contributed by atoms with Crippen LogP contribution >= 0.6 is 0 Å². The van der Waals surface area contributed by atoms with Gasteiger partial charge in [-0.3, -0.25) is 0 Å². The summed E-state index contributed by atoms with van der Waals surface area (Å²) in [5.74, 6) is 0. The number of nitrogens with zero attached hydrogens (tertiary/aromatic N) is 1. The third-order valence-corrected chi connectivity index (χ3v) is 3.30. The van der Waals surface area contributed by atoms with Crippen LogP contribution in [0.1, 0.15) is 19.8 Å². The van der Waals surface area contributed by atoms with Crippen molar-refractivity contribution in [3.63, 3.8) is 0 Å². The Balaban J connectivity index is 2.61. The van der Waals surface area contributed by atoms with Crippen LogP contribution in [0.2, 0.25) is 0 Å². The van der Waals surface area contributed by atoms with Gasteiger partial charge in [-0.25, -0.2) is 0 Å². The molecule has 0 radical (unpaired) electrons. The predicted octanol–water partition coefficient (Wildman–Crippen LogP) is 1.63. The minimum absolute atomic E-state index is 0.0382. The molecular weight excluding hydrogens is 233 g/mol. The van der Waals surface area contributed by atoms with Crippen molar-refractivity contribution < 1.29 is 17.9 Å². The smallest absolute Gasteiger partial charge is 0.381 e. The van der Waals surface area contributed by atoms with E-state index < -0.39 is 11.6 Å². The standard InChI is InChI=1S/C11H21F3N2O/c1-2-17-9-10(11(12,13)14)4-7-16(8-10)6-3-5-15/h2-9,15H2,1H3/t10-/m0/s1. The molecule has 0 unspecified atom stereocenters. The van der Waals surface area contributed by atoms with Crippen LogP contribution in [0.3, 0.4) is 0 Å². The second-order valence-electron chi connectivity index (χ2n) is 4.58. The minimum Gasteiger partial charge on any atom is -0.381 e. The van der Waals surface area contributed by atoms with E-state index in [1.807, 2.05) is 4.90 Å². The molecule has 6 heteroatoms. The normalized spacial score (nSPS) is 26.6. The first-order valence-corrected chi connectivity index (χ1v) is 6.02. The number of alkyl halides is 3. The van der Waals surface area contributed by atoms with E-state index in [1.54, 1.807) is 6.92 Å². The SMILES string of the molecule is CCOC[C@]1(C(F)(F)F)CCN(CCCN)C1. The maximum absolute atomic E-state index is 13.1. The fourth-order valence-corrected chi connectivity index (χ4v) is 2.19. The van der Waals surface area contributed by atoms with Crippen LogP contribution in [0.25, 0.3) is 0 Å². The lowest BCUT2D eigenvalue weighted by molar-refractivity contribution is -0.234. The summed E-state index contributed by atoms with van der Waals surface area (Å²) in [6.07, 6.45) is -3.33. The summed E-state index contributed by atoms with van der Waals surface area (Å²) in [6.45, 7) is 3.47. The zero-order chi connectivity index (χ0) is 12.9. The van der Waals surface area contributed by atoms with E-state index in [9.17, 15) is 13.2 Å². The maximum atomic E-state index is 13.1. The molecular formula is C11H21F3N2O. The quantitative estimate of drug-likeness (QED) is 0.783. The molecule has 0 aromatic carbocycles. The van der Waals surface area contributed by atoms with E-state index in [1.165, 1.54) is 0 Å². The summed E-state index contributed by atoms with van der Waals surface area (Å²) in [7, 11) is 0. The number of rotatable bonds is 6. The molecule has 2 N–H and O–H groups in total. The summed E-state index contributed by atoms with van der Waals surface area (Å²) in [5.41, 5.74) is 3.68. The van der Waals surface area contributed by atoms with Crippen LogP contribution in [-0.4, -0.2) is 50.5 Å². The highest BCUT2D eigenvalue weighted by Crippen LogP contribution is 2.45. The molecule has 102 valence electrons. The van der Waals surface area contributed by atoms with Gasteiger partial charge in [0.1, 0.15) is 5.41 Å². The Bertz CT molecular complexity index is 235. The Morgan fingerprint density at radius 3 is 2.65 bits per heavy atom. The Kier molecular flexibility index (Phi) is 5.22. The van der Waals surface area contributed by atoms with Crippen LogP contribution in [0.4, 0.5) is 13.2 Å². The molecule has 1 heterocycles. The van der Waals surface area contributed by atoms with Gasteiger partial charge in [0.2, 0.25) is 0 Å². The van der Waals surface area contributed by atoms with Crippen LogP contribution in [0.5, 0.6) is 0 Å². The minimum atomic E-state index is -4.19. The van der Waals surface area contributed by atoms with E-state index in [4.69, 9.17) is 10.5 Å². The summed E-state index contributed by atoms with van der Waals surface area (Å²) in [6, 6.07) is 0. The molecule has 3 nitrogen and oxygen atoms in total. The fraction of sp³-hybridized carbons (Fsp3) is 1.00. The molecule has 0 aromatic heterocycles. The highest BCUT2D eigenvalue weighted by molar-refractivity contribution is 4.95. The fourth-order valence-electron chi connectivity index (χ4n) is 2.19. The number of nitrogens with two attached hydrogens (primary N) is 1. The number of halogens is 3. The first kappa shape index (κ1) is 14.7. The topological polar surface area (TPSA) is 38.5 Å². The molecule has 17 heavy (non-hydrogen) atoms. The van der Waals surface area contributed by atoms with Crippen LogP contribution in [-0.2, 0) is 4.74 Å². The molecule has 0 aromatic rings. The first-order chi connectivity index (χ1) is 7.95. The molecule has 0 aliphatic carbocycles. The predicted molar refractivity (Wildman–Crippen MR) is 59.7 cm³/mol. The van der Waals surface area contributed by atoms with Crippen molar-refractivity contribution in [2.45, 2.75) is 25.9 Å². The summed E-state index contributed by atoms with van der Waals surface area (Å²) < 4.78 is 44.3. The molecule has 1 rings (SSSR count). The van der Waals surface area contributed by atoms with Gasteiger partial charge in [0.05, 0.1) is 6.61 Å². The largest absolute Gasteiger partial charge is 0.397 e. The van der Waals surface area contributed by atoms with E-state index in [0.29, 0.717) is 26.2 Å². The van der Waals surface area contributed by atoms with Crippen molar-refractivity contribution in [2.24, 2.45) is 11.1 Å². The van der Waals surface area contributed by atoms with Gasteiger partial charge in [-0.2, -0.15) is 13.2 Å². The van der Waals surface area contributed by atoms with Crippen molar-refractivity contribution in [2.75, 3.05) is 39.4 Å². The van der Waals surface area contributed by atoms with Crippen LogP contribution in [0.15, 0.2) is 0 Å². The van der Waals surface area contributed by atoms with Crippen molar-refractivity contribution in [3.05, 3.63) is 0 Å². The third kappa shape index (κ3) is 3.56. The average Bonchev–Trinajstić information content (AvgIpc) is 2.68. The Morgan fingerprint density at radius 1 is 1.41 bits per heavy atom. The second kappa shape index (κ2) is 6.02. The Hall–Kier alpha value is -0.330. The highest BCUT2D eigenvalue weighted by Gasteiger charge is 2.57. The molecule has 1 aliphatic rings. The van der Waals surface area contributed by atoms with Gasteiger partial charge < -0.3 is 15.4 Å². The summed E-state index contributed by atoms with van der Waals surface area (Å²) in [4.78, 5) is 1.83. The molecule has 0 saturated carbocycles. The van der Waals surface area contributed by atoms with Crippen molar-refractivity contribution in [3.8, 4) is 0 Å². The number of ether oxygens (including phenoxy) is 1. The molecule has 0 spiro atoms. The zero-order valence-electron chi connectivity index (χ0n) is 10.2. The van der Waals surface area contributed by atoms with Crippen molar-refractivity contribution in [1.82, 2.24) is 4.90 Å². The molecule has 1 atom stereocenters. The average molecular weight is 254 g/mol. The number of likely N-dealkylation sites (tertiary alicyclic amines) is 1. The maximum Gasteiger partial charge on any atom is 0.397 e.